The number of halogens is 1. The van der Waals surface area contributed by atoms with Gasteiger partial charge in [0, 0.05) is 6.54 Å². The van der Waals surface area contributed by atoms with Crippen LogP contribution in [0.2, 0.25) is 5.02 Å². The van der Waals surface area contributed by atoms with Crippen LogP contribution >= 0.6 is 11.6 Å². The number of aryl methyl sites for hydroxylation is 1. The fourth-order valence-corrected chi connectivity index (χ4v) is 1.87. The Labute approximate surface area is 116 Å². The first-order chi connectivity index (χ1) is 9.08. The maximum atomic E-state index is 10.9. The molecule has 0 spiro atoms. The maximum absolute atomic E-state index is 10.9. The first-order valence-corrected chi connectivity index (χ1v) is 6.14. The van der Waals surface area contributed by atoms with E-state index in [9.17, 15) is 4.79 Å². The van der Waals surface area contributed by atoms with Gasteiger partial charge in [0.2, 0.25) is 0 Å². The molecule has 0 aliphatic carbocycles. The summed E-state index contributed by atoms with van der Waals surface area (Å²) < 4.78 is 0. The Balaban J connectivity index is 2.14. The minimum absolute atomic E-state index is 0.133. The van der Waals surface area contributed by atoms with E-state index < -0.39 is 5.97 Å². The smallest absolute Gasteiger partial charge is 0.356 e. The van der Waals surface area contributed by atoms with Crippen LogP contribution in [0, 0.1) is 6.92 Å². The zero-order chi connectivity index (χ0) is 13.8. The Morgan fingerprint density at radius 2 is 2.05 bits per heavy atom. The molecule has 0 saturated heterocycles. The number of carboxylic acid groups (broad SMARTS) is 1. The van der Waals surface area contributed by atoms with Crippen molar-refractivity contribution in [3.63, 3.8) is 0 Å². The Morgan fingerprint density at radius 1 is 1.32 bits per heavy atom. The van der Waals surface area contributed by atoms with Crippen LogP contribution in [0.5, 0.6) is 0 Å². The van der Waals surface area contributed by atoms with E-state index in [-0.39, 0.29) is 10.7 Å². The molecule has 0 unspecified atom stereocenters. The molecular weight excluding hydrogens is 264 g/mol. The molecule has 98 valence electrons. The highest BCUT2D eigenvalue weighted by molar-refractivity contribution is 6.33. The third-order valence-electron chi connectivity index (χ3n) is 2.77. The zero-order valence-corrected chi connectivity index (χ0v) is 11.1. The Bertz CT molecular complexity index is 614. The minimum atomic E-state index is -1.13. The fourth-order valence-electron chi connectivity index (χ4n) is 1.68. The van der Waals surface area contributed by atoms with Gasteiger partial charge in [0.1, 0.15) is 5.82 Å². The summed E-state index contributed by atoms with van der Waals surface area (Å²) in [5, 5.41) is 12.2. The zero-order valence-electron chi connectivity index (χ0n) is 10.4. The predicted octanol–water partition coefficient (Wildman–Crippen LogP) is 3.35. The molecule has 2 rings (SSSR count). The highest BCUT2D eigenvalue weighted by Gasteiger charge is 2.11. The summed E-state index contributed by atoms with van der Waals surface area (Å²) in [5.74, 6) is -0.644. The Morgan fingerprint density at radius 3 is 2.74 bits per heavy atom. The number of nitrogens with one attached hydrogen (secondary N) is 1. The monoisotopic (exact) mass is 276 g/mol. The number of benzene rings is 1. The number of hydrogen-bond acceptors (Lipinski definition) is 3. The van der Waals surface area contributed by atoms with Crippen LogP contribution in [-0.2, 0) is 6.54 Å². The van der Waals surface area contributed by atoms with Crippen molar-refractivity contribution in [1.82, 2.24) is 4.98 Å². The maximum Gasteiger partial charge on any atom is 0.356 e. The van der Waals surface area contributed by atoms with Gasteiger partial charge in [0.25, 0.3) is 0 Å². The first kappa shape index (κ1) is 13.4. The highest BCUT2D eigenvalue weighted by atomic mass is 35.5. The van der Waals surface area contributed by atoms with Crippen molar-refractivity contribution in [3.8, 4) is 0 Å². The predicted molar refractivity (Wildman–Crippen MR) is 74.7 cm³/mol. The van der Waals surface area contributed by atoms with Gasteiger partial charge in [0.05, 0.1) is 5.02 Å². The van der Waals surface area contributed by atoms with Crippen LogP contribution in [-0.4, -0.2) is 16.1 Å². The average molecular weight is 277 g/mol. The van der Waals surface area contributed by atoms with Crippen molar-refractivity contribution >= 4 is 23.4 Å². The summed E-state index contributed by atoms with van der Waals surface area (Å²) in [5.41, 5.74) is 2.16. The summed E-state index contributed by atoms with van der Waals surface area (Å²) in [6.45, 7) is 2.61. The summed E-state index contributed by atoms with van der Waals surface area (Å²) in [6.07, 6.45) is 0. The van der Waals surface area contributed by atoms with Crippen LogP contribution < -0.4 is 5.32 Å². The second kappa shape index (κ2) is 5.71. The molecule has 2 aromatic rings. The molecule has 0 aliphatic heterocycles. The van der Waals surface area contributed by atoms with Crippen LogP contribution in [0.4, 0.5) is 5.82 Å². The van der Waals surface area contributed by atoms with Gasteiger partial charge in [-0.3, -0.25) is 0 Å². The van der Waals surface area contributed by atoms with E-state index in [1.54, 1.807) is 6.07 Å². The number of pyridine rings is 1. The van der Waals surface area contributed by atoms with E-state index >= 15 is 0 Å². The number of aromatic carboxylic acids is 1. The van der Waals surface area contributed by atoms with Crippen molar-refractivity contribution in [1.29, 1.82) is 0 Å². The van der Waals surface area contributed by atoms with E-state index in [2.05, 4.69) is 10.3 Å². The van der Waals surface area contributed by atoms with E-state index in [1.165, 1.54) is 11.6 Å². The molecule has 5 heteroatoms. The second-order valence-electron chi connectivity index (χ2n) is 4.11. The standard InChI is InChI=1S/C14H13ClN2O2/c1-9-4-2-3-5-10(9)8-16-12-7-6-11(15)13(17-12)14(18)19/h2-7H,8H2,1H3,(H,16,17)(H,18,19). The van der Waals surface area contributed by atoms with Crippen LogP contribution in [0.15, 0.2) is 36.4 Å². The number of carbonyl (C=O) groups is 1. The molecule has 2 N–H and O–H groups in total. The van der Waals surface area contributed by atoms with Crippen LogP contribution in [0.25, 0.3) is 0 Å². The molecule has 19 heavy (non-hydrogen) atoms. The molecular formula is C14H13ClN2O2. The average Bonchev–Trinajstić information content (AvgIpc) is 2.39. The normalized spacial score (nSPS) is 10.2. The van der Waals surface area contributed by atoms with Crippen molar-refractivity contribution in [2.24, 2.45) is 0 Å². The molecule has 0 aliphatic rings. The number of rotatable bonds is 4. The Kier molecular flexibility index (Phi) is 4.02. The molecule has 0 atom stereocenters. The topological polar surface area (TPSA) is 62.2 Å². The largest absolute Gasteiger partial charge is 0.476 e. The molecule has 1 aromatic heterocycles. The van der Waals surface area contributed by atoms with Gasteiger partial charge < -0.3 is 10.4 Å². The van der Waals surface area contributed by atoms with Gasteiger partial charge in [-0.05, 0) is 30.2 Å². The van der Waals surface area contributed by atoms with Crippen molar-refractivity contribution in [2.75, 3.05) is 5.32 Å². The highest BCUT2D eigenvalue weighted by Crippen LogP contribution is 2.17. The molecule has 0 amide bonds. The fraction of sp³-hybridized carbons (Fsp3) is 0.143. The second-order valence-corrected chi connectivity index (χ2v) is 4.52. The van der Waals surface area contributed by atoms with Gasteiger partial charge in [-0.15, -0.1) is 0 Å². The van der Waals surface area contributed by atoms with Crippen LogP contribution in [0.1, 0.15) is 21.6 Å². The molecule has 4 nitrogen and oxygen atoms in total. The van der Waals surface area contributed by atoms with E-state index in [0.717, 1.165) is 5.56 Å². The summed E-state index contributed by atoms with van der Waals surface area (Å²) >= 11 is 5.76. The number of hydrogen-bond donors (Lipinski definition) is 2. The lowest BCUT2D eigenvalue weighted by Gasteiger charge is -2.09. The lowest BCUT2D eigenvalue weighted by Crippen LogP contribution is -2.07. The minimum Gasteiger partial charge on any atom is -0.476 e. The molecule has 0 radical (unpaired) electrons. The summed E-state index contributed by atoms with van der Waals surface area (Å²) in [4.78, 5) is 14.9. The van der Waals surface area contributed by atoms with Gasteiger partial charge >= 0.3 is 5.97 Å². The van der Waals surface area contributed by atoms with Crippen molar-refractivity contribution < 1.29 is 9.90 Å². The Hall–Kier alpha value is -2.07. The van der Waals surface area contributed by atoms with Gasteiger partial charge in [-0.1, -0.05) is 35.9 Å². The number of nitrogens with zero attached hydrogens (tertiary/aromatic N) is 1. The van der Waals surface area contributed by atoms with Crippen molar-refractivity contribution in [2.45, 2.75) is 13.5 Å². The summed E-state index contributed by atoms with van der Waals surface area (Å²) in [6, 6.07) is 11.2. The quantitative estimate of drug-likeness (QED) is 0.899. The van der Waals surface area contributed by atoms with E-state index in [0.29, 0.717) is 12.4 Å². The van der Waals surface area contributed by atoms with E-state index in [4.69, 9.17) is 16.7 Å². The number of anilines is 1. The van der Waals surface area contributed by atoms with Gasteiger partial charge in [-0.2, -0.15) is 0 Å². The van der Waals surface area contributed by atoms with Gasteiger partial charge in [0.15, 0.2) is 5.69 Å². The molecule has 0 fully saturated rings. The number of carboxylic acids is 1. The van der Waals surface area contributed by atoms with E-state index in [1.807, 2.05) is 31.2 Å². The number of aromatic nitrogens is 1. The lowest BCUT2D eigenvalue weighted by molar-refractivity contribution is 0.0691. The first-order valence-electron chi connectivity index (χ1n) is 5.76. The molecule has 1 aromatic carbocycles. The molecule has 0 bridgehead atoms. The third-order valence-corrected chi connectivity index (χ3v) is 3.07. The summed E-state index contributed by atoms with van der Waals surface area (Å²) in [7, 11) is 0. The molecule has 0 saturated carbocycles. The SMILES string of the molecule is Cc1ccccc1CNc1ccc(Cl)c(C(=O)O)n1. The molecule has 1 heterocycles. The van der Waals surface area contributed by atoms with Gasteiger partial charge in [-0.25, -0.2) is 9.78 Å². The third kappa shape index (κ3) is 3.23. The van der Waals surface area contributed by atoms with Crippen molar-refractivity contribution in [3.05, 3.63) is 58.2 Å². The van der Waals surface area contributed by atoms with Crippen LogP contribution in [0.3, 0.4) is 0 Å². The lowest BCUT2D eigenvalue weighted by atomic mass is 10.1.